The van der Waals surface area contributed by atoms with Crippen molar-refractivity contribution < 1.29 is 31.7 Å². The van der Waals surface area contributed by atoms with Crippen LogP contribution in [0.3, 0.4) is 0 Å². The van der Waals surface area contributed by atoms with Crippen LogP contribution in [0.15, 0.2) is 47.4 Å². The van der Waals surface area contributed by atoms with E-state index in [0.717, 1.165) is 12.8 Å². The van der Waals surface area contributed by atoms with Gasteiger partial charge in [-0.2, -0.15) is 8.42 Å². The van der Waals surface area contributed by atoms with Crippen molar-refractivity contribution in [2.45, 2.75) is 57.2 Å². The first-order valence-electron chi connectivity index (χ1n) is 11.7. The van der Waals surface area contributed by atoms with E-state index in [2.05, 4.69) is 10.6 Å². The van der Waals surface area contributed by atoms with Crippen molar-refractivity contribution in [1.29, 1.82) is 0 Å². The Morgan fingerprint density at radius 1 is 1.14 bits per heavy atom. The van der Waals surface area contributed by atoms with Crippen molar-refractivity contribution in [1.82, 2.24) is 10.2 Å². The molecule has 1 atom stereocenters. The van der Waals surface area contributed by atoms with Gasteiger partial charge in [-0.25, -0.2) is 4.79 Å². The van der Waals surface area contributed by atoms with Crippen LogP contribution in [0.2, 0.25) is 0 Å². The molecule has 3 amide bonds. The highest BCUT2D eigenvalue weighted by Crippen LogP contribution is 2.32. The van der Waals surface area contributed by atoms with E-state index in [1.807, 2.05) is 13.8 Å². The molecule has 0 bridgehead atoms. The fourth-order valence-corrected chi connectivity index (χ4v) is 4.70. The number of hydrogen-bond donors (Lipinski definition) is 2. The molecule has 0 spiro atoms. The number of ether oxygens (including phenoxy) is 2. The molecule has 1 unspecified atom stereocenters. The fraction of sp³-hybridized carbons (Fsp3) is 0.440. The molecule has 11 heteroatoms. The number of rotatable bonds is 10. The molecule has 196 valence electrons. The summed E-state index contributed by atoms with van der Waals surface area (Å²) >= 11 is 0. The van der Waals surface area contributed by atoms with Crippen LogP contribution in [0.1, 0.15) is 39.2 Å². The van der Waals surface area contributed by atoms with E-state index in [9.17, 15) is 18.0 Å². The summed E-state index contributed by atoms with van der Waals surface area (Å²) in [4.78, 5) is 25.6. The van der Waals surface area contributed by atoms with Crippen LogP contribution in [0.4, 0.5) is 10.5 Å². The zero-order chi connectivity index (χ0) is 26.3. The van der Waals surface area contributed by atoms with Crippen LogP contribution >= 0.6 is 0 Å². The number of carbonyl (C=O) groups excluding carboxylic acids is 2. The van der Waals surface area contributed by atoms with E-state index in [0.29, 0.717) is 24.4 Å². The first-order chi connectivity index (χ1) is 17.1. The van der Waals surface area contributed by atoms with Gasteiger partial charge in [0.1, 0.15) is 4.90 Å². The van der Waals surface area contributed by atoms with Gasteiger partial charge in [0, 0.05) is 38.3 Å². The van der Waals surface area contributed by atoms with Gasteiger partial charge in [-0.15, -0.1) is 0 Å². The molecule has 2 N–H and O–H groups in total. The summed E-state index contributed by atoms with van der Waals surface area (Å²) in [5.41, 5.74) is 1.13. The van der Waals surface area contributed by atoms with Gasteiger partial charge in [-0.3, -0.25) is 4.79 Å². The van der Waals surface area contributed by atoms with Crippen LogP contribution in [-0.2, 0) is 26.2 Å². The zero-order valence-electron chi connectivity index (χ0n) is 20.9. The second kappa shape index (κ2) is 12.1. The minimum atomic E-state index is -4.19. The second-order valence-corrected chi connectivity index (χ2v) is 10.4. The van der Waals surface area contributed by atoms with Crippen LogP contribution in [0.25, 0.3) is 0 Å². The van der Waals surface area contributed by atoms with Crippen molar-refractivity contribution in [2.24, 2.45) is 0 Å². The number of nitrogens with zero attached hydrogens (tertiary/aromatic N) is 1. The summed E-state index contributed by atoms with van der Waals surface area (Å²) in [6, 6.07) is 10.3. The highest BCUT2D eigenvalue weighted by atomic mass is 32.2. The average Bonchev–Trinajstić information content (AvgIpc) is 3.31. The summed E-state index contributed by atoms with van der Waals surface area (Å²) in [7, 11) is -2.78. The van der Waals surface area contributed by atoms with Gasteiger partial charge in [-0.05, 0) is 68.7 Å². The molecule has 1 aliphatic rings. The van der Waals surface area contributed by atoms with Gasteiger partial charge in [0.25, 0.3) is 0 Å². The van der Waals surface area contributed by atoms with E-state index in [1.54, 1.807) is 23.1 Å². The van der Waals surface area contributed by atoms with Crippen molar-refractivity contribution in [2.75, 3.05) is 25.6 Å². The Labute approximate surface area is 212 Å². The first-order valence-corrected chi connectivity index (χ1v) is 13.1. The topological polar surface area (TPSA) is 123 Å². The van der Waals surface area contributed by atoms with E-state index in [1.165, 1.54) is 38.3 Å². The Morgan fingerprint density at radius 3 is 2.44 bits per heavy atom. The highest BCUT2D eigenvalue weighted by Gasteiger charge is 2.25. The van der Waals surface area contributed by atoms with Crippen molar-refractivity contribution >= 4 is 27.7 Å². The second-order valence-electron chi connectivity index (χ2n) is 8.85. The molecule has 2 aromatic rings. The fourth-order valence-electron chi connectivity index (χ4n) is 3.77. The smallest absolute Gasteiger partial charge is 0.339 e. The summed E-state index contributed by atoms with van der Waals surface area (Å²) in [5.74, 6) is -0.0317. The van der Waals surface area contributed by atoms with E-state index in [-0.39, 0.29) is 47.0 Å². The number of benzene rings is 2. The van der Waals surface area contributed by atoms with Crippen molar-refractivity contribution in [3.8, 4) is 11.5 Å². The molecular weight excluding hydrogens is 486 g/mol. The normalized spacial score (nSPS) is 15.4. The van der Waals surface area contributed by atoms with Gasteiger partial charge in [-0.1, -0.05) is 6.07 Å². The molecule has 0 saturated carbocycles. The quantitative estimate of drug-likeness (QED) is 0.461. The maximum Gasteiger partial charge on any atom is 0.339 e. The standard InChI is InChI=1S/C25H33N3O7S/c1-17(2)26-25(30)28(16-21-6-5-13-34-21)15-19-7-12-23(33-4)24(14-19)35-36(31,32)22-10-8-20(9-11-22)27-18(3)29/h7-12,14,17,21H,5-6,13,15-16H2,1-4H3,(H,26,30)(H,27,29). The Balaban J connectivity index is 1.82. The largest absolute Gasteiger partial charge is 0.493 e. The van der Waals surface area contributed by atoms with Crippen LogP contribution in [-0.4, -0.2) is 57.7 Å². The number of hydrogen-bond acceptors (Lipinski definition) is 7. The van der Waals surface area contributed by atoms with Gasteiger partial charge in [0.15, 0.2) is 11.5 Å². The lowest BCUT2D eigenvalue weighted by molar-refractivity contribution is -0.114. The predicted molar refractivity (Wildman–Crippen MR) is 135 cm³/mol. The van der Waals surface area contributed by atoms with Gasteiger partial charge < -0.3 is 29.2 Å². The van der Waals surface area contributed by atoms with Crippen molar-refractivity contribution in [3.63, 3.8) is 0 Å². The number of carbonyl (C=O) groups is 2. The molecule has 1 aliphatic heterocycles. The summed E-state index contributed by atoms with van der Waals surface area (Å²) in [5, 5.41) is 5.49. The number of urea groups is 1. The Hall–Kier alpha value is -3.31. The van der Waals surface area contributed by atoms with Gasteiger partial charge >= 0.3 is 16.1 Å². The summed E-state index contributed by atoms with van der Waals surface area (Å²) in [6.45, 7) is 6.45. The molecule has 36 heavy (non-hydrogen) atoms. The van der Waals surface area contributed by atoms with Crippen LogP contribution in [0, 0.1) is 0 Å². The molecule has 1 saturated heterocycles. The maximum atomic E-state index is 12.9. The van der Waals surface area contributed by atoms with E-state index < -0.39 is 10.1 Å². The van der Waals surface area contributed by atoms with Crippen LogP contribution in [0.5, 0.6) is 11.5 Å². The predicted octanol–water partition coefficient (Wildman–Crippen LogP) is 3.52. The summed E-state index contributed by atoms with van der Waals surface area (Å²) < 4.78 is 42.3. The monoisotopic (exact) mass is 519 g/mol. The number of nitrogens with one attached hydrogen (secondary N) is 2. The number of anilines is 1. The Kier molecular flexibility index (Phi) is 9.16. The molecule has 0 aromatic heterocycles. The molecular formula is C25H33N3O7S. The minimum absolute atomic E-state index is 0.00210. The molecule has 2 aromatic carbocycles. The van der Waals surface area contributed by atoms with Crippen molar-refractivity contribution in [3.05, 3.63) is 48.0 Å². The summed E-state index contributed by atoms with van der Waals surface area (Å²) in [6.07, 6.45) is 1.79. The molecule has 0 aliphatic carbocycles. The number of methoxy groups -OCH3 is 1. The van der Waals surface area contributed by atoms with Crippen LogP contribution < -0.4 is 19.6 Å². The average molecular weight is 520 g/mol. The first kappa shape index (κ1) is 27.3. The molecule has 3 rings (SSSR count). The molecule has 10 nitrogen and oxygen atoms in total. The van der Waals surface area contributed by atoms with Gasteiger partial charge in [0.05, 0.1) is 13.2 Å². The lowest BCUT2D eigenvalue weighted by atomic mass is 10.1. The zero-order valence-corrected chi connectivity index (χ0v) is 21.8. The Morgan fingerprint density at radius 2 is 1.86 bits per heavy atom. The SMILES string of the molecule is COc1ccc(CN(CC2CCCO2)C(=O)NC(C)C)cc1OS(=O)(=O)c1ccc(NC(C)=O)cc1. The van der Waals surface area contributed by atoms with E-state index >= 15 is 0 Å². The number of amides is 3. The lowest BCUT2D eigenvalue weighted by Gasteiger charge is -2.27. The highest BCUT2D eigenvalue weighted by molar-refractivity contribution is 7.87. The third-order valence-corrected chi connectivity index (χ3v) is 6.66. The lowest BCUT2D eigenvalue weighted by Crippen LogP contribution is -2.45. The minimum Gasteiger partial charge on any atom is -0.493 e. The maximum absolute atomic E-state index is 12.9. The Bertz CT molecular complexity index is 1160. The van der Waals surface area contributed by atoms with Gasteiger partial charge in [0.2, 0.25) is 5.91 Å². The molecule has 1 heterocycles. The molecule has 1 fully saturated rings. The third kappa shape index (κ3) is 7.59. The van der Waals surface area contributed by atoms with E-state index in [4.69, 9.17) is 13.7 Å². The third-order valence-electron chi connectivity index (χ3n) is 5.41. The molecule has 0 radical (unpaired) electrons.